The number of aliphatic carboxylic acids is 1. The number of nitrogens with one attached hydrogen (secondary N) is 2. The lowest BCUT2D eigenvalue weighted by Gasteiger charge is -2.24. The zero-order valence-electron chi connectivity index (χ0n) is 16.2. The van der Waals surface area contributed by atoms with Crippen molar-refractivity contribution in [2.75, 3.05) is 6.61 Å². The third kappa shape index (κ3) is 7.19. The van der Waals surface area contributed by atoms with Gasteiger partial charge in [-0.15, -0.1) is 0 Å². The molecule has 0 saturated carbocycles. The molecule has 0 bridgehead atoms. The number of amides is 2. The van der Waals surface area contributed by atoms with Gasteiger partial charge in [0.05, 0.1) is 18.6 Å². The molecule has 1 fully saturated rings. The maximum absolute atomic E-state index is 12.7. The quantitative estimate of drug-likeness (QED) is 0.593. The van der Waals surface area contributed by atoms with Gasteiger partial charge in [0.1, 0.15) is 12.6 Å². The SMILES string of the molecule is CC(C)C[C@H](NC(=O)OCc1ccccc1)C(=O)NC1CCO[C@H]1CC(=O)O. The van der Waals surface area contributed by atoms with Gasteiger partial charge in [0.15, 0.2) is 0 Å². The zero-order valence-corrected chi connectivity index (χ0v) is 16.2. The van der Waals surface area contributed by atoms with Crippen LogP contribution in [0.3, 0.4) is 0 Å². The minimum Gasteiger partial charge on any atom is -0.481 e. The van der Waals surface area contributed by atoms with Crippen molar-refractivity contribution < 1.29 is 29.0 Å². The number of alkyl carbamates (subject to hydrolysis) is 1. The van der Waals surface area contributed by atoms with Crippen LogP contribution in [0.15, 0.2) is 30.3 Å². The van der Waals surface area contributed by atoms with E-state index in [1.165, 1.54) is 0 Å². The highest BCUT2D eigenvalue weighted by Crippen LogP contribution is 2.17. The highest BCUT2D eigenvalue weighted by Gasteiger charge is 2.33. The van der Waals surface area contributed by atoms with Gasteiger partial charge in [-0.1, -0.05) is 44.2 Å². The first-order valence-corrected chi connectivity index (χ1v) is 9.46. The molecule has 1 unspecified atom stereocenters. The van der Waals surface area contributed by atoms with Crippen molar-refractivity contribution in [1.82, 2.24) is 10.6 Å². The summed E-state index contributed by atoms with van der Waals surface area (Å²) in [7, 11) is 0. The molecule has 1 aromatic carbocycles. The third-order valence-corrected chi connectivity index (χ3v) is 4.44. The monoisotopic (exact) mass is 392 g/mol. The van der Waals surface area contributed by atoms with Crippen LogP contribution in [0.1, 0.15) is 38.7 Å². The number of carbonyl (C=O) groups is 3. The highest BCUT2D eigenvalue weighted by molar-refractivity contribution is 5.86. The van der Waals surface area contributed by atoms with E-state index in [1.807, 2.05) is 44.2 Å². The van der Waals surface area contributed by atoms with E-state index in [0.29, 0.717) is 19.4 Å². The number of rotatable bonds is 9. The van der Waals surface area contributed by atoms with Crippen molar-refractivity contribution in [3.63, 3.8) is 0 Å². The Bertz CT molecular complexity index is 664. The van der Waals surface area contributed by atoms with E-state index in [4.69, 9.17) is 14.6 Å². The summed E-state index contributed by atoms with van der Waals surface area (Å²) in [6.07, 6.45) is -0.438. The first kappa shape index (κ1) is 21.7. The smallest absolute Gasteiger partial charge is 0.408 e. The van der Waals surface area contributed by atoms with Crippen molar-refractivity contribution in [1.29, 1.82) is 0 Å². The predicted octanol–water partition coefficient (Wildman–Crippen LogP) is 2.08. The van der Waals surface area contributed by atoms with E-state index in [2.05, 4.69) is 10.6 Å². The molecule has 3 N–H and O–H groups in total. The Hall–Kier alpha value is -2.61. The second-order valence-electron chi connectivity index (χ2n) is 7.30. The first-order valence-electron chi connectivity index (χ1n) is 9.46. The summed E-state index contributed by atoms with van der Waals surface area (Å²) in [5.74, 6) is -1.18. The summed E-state index contributed by atoms with van der Waals surface area (Å²) in [5.41, 5.74) is 0.849. The van der Waals surface area contributed by atoms with Gasteiger partial charge in [-0.2, -0.15) is 0 Å². The van der Waals surface area contributed by atoms with Crippen LogP contribution < -0.4 is 10.6 Å². The van der Waals surface area contributed by atoms with Crippen molar-refractivity contribution in [2.45, 2.75) is 57.9 Å². The molecule has 8 heteroatoms. The molecule has 3 atom stereocenters. The van der Waals surface area contributed by atoms with Crippen LogP contribution in [0.5, 0.6) is 0 Å². The minimum absolute atomic E-state index is 0.111. The standard InChI is InChI=1S/C20H28N2O6/c1-13(2)10-16(22-20(26)28-12-14-6-4-3-5-7-14)19(25)21-15-8-9-27-17(15)11-18(23)24/h3-7,13,15-17H,8-12H2,1-2H3,(H,21,25)(H,22,26)(H,23,24)/t15?,16-,17-/m0/s1. The van der Waals surface area contributed by atoms with E-state index in [0.717, 1.165) is 5.56 Å². The van der Waals surface area contributed by atoms with Gasteiger partial charge in [0.2, 0.25) is 5.91 Å². The zero-order chi connectivity index (χ0) is 20.5. The van der Waals surface area contributed by atoms with E-state index in [-0.39, 0.29) is 30.9 Å². The van der Waals surface area contributed by atoms with Crippen molar-refractivity contribution in [2.24, 2.45) is 5.92 Å². The van der Waals surface area contributed by atoms with E-state index < -0.39 is 24.2 Å². The number of carboxylic acid groups (broad SMARTS) is 1. The fourth-order valence-electron chi connectivity index (χ4n) is 3.08. The first-order chi connectivity index (χ1) is 13.3. The number of carbonyl (C=O) groups excluding carboxylic acids is 2. The molecule has 1 aliphatic rings. The summed E-state index contributed by atoms with van der Waals surface area (Å²) in [6.45, 7) is 4.40. The summed E-state index contributed by atoms with van der Waals surface area (Å²) in [6, 6.07) is 8.10. The van der Waals surface area contributed by atoms with Gasteiger partial charge in [-0.25, -0.2) is 4.79 Å². The number of hydrogen-bond acceptors (Lipinski definition) is 5. The molecular formula is C20H28N2O6. The van der Waals surface area contributed by atoms with Crippen LogP contribution in [-0.2, 0) is 25.7 Å². The topological polar surface area (TPSA) is 114 Å². The Labute approximate surface area is 164 Å². The molecule has 28 heavy (non-hydrogen) atoms. The van der Waals surface area contributed by atoms with Crippen LogP contribution in [0, 0.1) is 5.92 Å². The second-order valence-corrected chi connectivity index (χ2v) is 7.30. The van der Waals surface area contributed by atoms with Gasteiger partial charge in [-0.05, 0) is 24.3 Å². The van der Waals surface area contributed by atoms with Crippen LogP contribution in [0.4, 0.5) is 4.79 Å². The Balaban J connectivity index is 1.91. The fourth-order valence-corrected chi connectivity index (χ4v) is 3.08. The van der Waals surface area contributed by atoms with Crippen LogP contribution in [0.2, 0.25) is 0 Å². The normalized spacial score (nSPS) is 19.8. The summed E-state index contributed by atoms with van der Waals surface area (Å²) in [4.78, 5) is 35.8. The maximum atomic E-state index is 12.7. The average Bonchev–Trinajstić information content (AvgIpc) is 3.06. The number of ether oxygens (including phenoxy) is 2. The highest BCUT2D eigenvalue weighted by atomic mass is 16.5. The van der Waals surface area contributed by atoms with E-state index in [9.17, 15) is 14.4 Å². The molecule has 0 radical (unpaired) electrons. The van der Waals surface area contributed by atoms with Gasteiger partial charge >= 0.3 is 12.1 Å². The van der Waals surface area contributed by atoms with Crippen molar-refractivity contribution in [3.05, 3.63) is 35.9 Å². The number of hydrogen-bond donors (Lipinski definition) is 3. The van der Waals surface area contributed by atoms with Gasteiger partial charge < -0.3 is 25.2 Å². The molecule has 0 spiro atoms. The molecule has 8 nitrogen and oxygen atoms in total. The molecule has 1 aliphatic heterocycles. The van der Waals surface area contributed by atoms with Gasteiger partial charge in [-0.3, -0.25) is 9.59 Å². The van der Waals surface area contributed by atoms with Gasteiger partial charge in [0, 0.05) is 6.61 Å². The van der Waals surface area contributed by atoms with Crippen molar-refractivity contribution in [3.8, 4) is 0 Å². The largest absolute Gasteiger partial charge is 0.481 e. The summed E-state index contributed by atoms with van der Waals surface area (Å²) < 4.78 is 10.6. The molecular weight excluding hydrogens is 364 g/mol. The fraction of sp³-hybridized carbons (Fsp3) is 0.550. The van der Waals surface area contributed by atoms with Crippen LogP contribution >= 0.6 is 0 Å². The Morgan fingerprint density at radius 2 is 1.96 bits per heavy atom. The summed E-state index contributed by atoms with van der Waals surface area (Å²) >= 11 is 0. The number of benzene rings is 1. The maximum Gasteiger partial charge on any atom is 0.408 e. The average molecular weight is 392 g/mol. The molecule has 0 aromatic heterocycles. The van der Waals surface area contributed by atoms with Crippen LogP contribution in [0.25, 0.3) is 0 Å². The molecule has 1 aromatic rings. The predicted molar refractivity (Wildman–Crippen MR) is 102 cm³/mol. The van der Waals surface area contributed by atoms with E-state index >= 15 is 0 Å². The molecule has 1 saturated heterocycles. The van der Waals surface area contributed by atoms with Crippen LogP contribution in [-0.4, -0.2) is 47.9 Å². The van der Waals surface area contributed by atoms with Gasteiger partial charge in [0.25, 0.3) is 0 Å². The Morgan fingerprint density at radius 3 is 2.61 bits per heavy atom. The second kappa shape index (κ2) is 10.7. The number of carboxylic acids is 1. The van der Waals surface area contributed by atoms with E-state index in [1.54, 1.807) is 0 Å². The molecule has 2 amide bonds. The Kier molecular flexibility index (Phi) is 8.25. The molecule has 2 rings (SSSR count). The lowest BCUT2D eigenvalue weighted by Crippen LogP contribution is -2.52. The molecule has 154 valence electrons. The minimum atomic E-state index is -0.979. The lowest BCUT2D eigenvalue weighted by atomic mass is 10.0. The summed E-state index contributed by atoms with van der Waals surface area (Å²) in [5, 5.41) is 14.4. The Morgan fingerprint density at radius 1 is 1.25 bits per heavy atom. The molecule has 1 heterocycles. The lowest BCUT2D eigenvalue weighted by molar-refractivity contribution is -0.140. The van der Waals surface area contributed by atoms with Crippen molar-refractivity contribution >= 4 is 18.0 Å². The molecule has 0 aliphatic carbocycles. The third-order valence-electron chi connectivity index (χ3n) is 4.44.